The fourth-order valence-electron chi connectivity index (χ4n) is 1.73. The summed E-state index contributed by atoms with van der Waals surface area (Å²) < 4.78 is 41.5. The summed E-state index contributed by atoms with van der Waals surface area (Å²) in [4.78, 5) is 22.1. The molecule has 0 aliphatic rings. The lowest BCUT2D eigenvalue weighted by molar-refractivity contribution is -0.335. The third-order valence-electron chi connectivity index (χ3n) is 3.19. The maximum Gasteiger partial charge on any atom is 0.338 e. The minimum absolute atomic E-state index is 0.0261. The van der Waals surface area contributed by atoms with E-state index in [1.54, 1.807) is 0 Å². The van der Waals surface area contributed by atoms with Crippen LogP contribution in [-0.2, 0) is 14.3 Å². The lowest BCUT2D eigenvalue weighted by atomic mass is 10.2. The maximum atomic E-state index is 13.2. The van der Waals surface area contributed by atoms with Gasteiger partial charge in [0.05, 0.1) is 5.56 Å². The summed E-state index contributed by atoms with van der Waals surface area (Å²) in [6.07, 6.45) is -2.64. The zero-order valence-electron chi connectivity index (χ0n) is 13.7. The summed E-state index contributed by atoms with van der Waals surface area (Å²) in [6.45, 7) is 4.58. The van der Waals surface area contributed by atoms with Crippen molar-refractivity contribution in [1.29, 1.82) is 0 Å². The van der Waals surface area contributed by atoms with Gasteiger partial charge in [-0.15, -0.1) is 0 Å². The number of rotatable bonds is 8. The highest BCUT2D eigenvalue weighted by atomic mass is 19.3. The van der Waals surface area contributed by atoms with Crippen molar-refractivity contribution in [3.05, 3.63) is 29.8 Å². The molecule has 0 aromatic heterocycles. The Morgan fingerprint density at radius 1 is 1.12 bits per heavy atom. The zero-order chi connectivity index (χ0) is 18.5. The van der Waals surface area contributed by atoms with E-state index in [9.17, 15) is 23.5 Å². The molecule has 0 aliphatic carbocycles. The molecule has 0 fully saturated rings. The Hall–Kier alpha value is -2.22. The van der Waals surface area contributed by atoms with Gasteiger partial charge in [0.1, 0.15) is 11.7 Å². The Balaban J connectivity index is 2.75. The number of aliphatic carboxylic acids is 1. The smallest absolute Gasteiger partial charge is 0.338 e. The van der Waals surface area contributed by atoms with Gasteiger partial charge in [-0.3, -0.25) is 0 Å². The van der Waals surface area contributed by atoms with Gasteiger partial charge in [0.15, 0.2) is 6.10 Å². The second-order valence-corrected chi connectivity index (χ2v) is 5.45. The van der Waals surface area contributed by atoms with Crippen molar-refractivity contribution in [3.63, 3.8) is 0 Å². The fraction of sp³-hybridized carbons (Fsp3) is 0.500. The zero-order valence-corrected chi connectivity index (χ0v) is 13.7. The van der Waals surface area contributed by atoms with Crippen LogP contribution in [0.5, 0.6) is 5.75 Å². The first-order chi connectivity index (χ1) is 11.1. The Kier molecular flexibility index (Phi) is 6.65. The maximum absolute atomic E-state index is 13.2. The third kappa shape index (κ3) is 4.89. The highest BCUT2D eigenvalue weighted by Crippen LogP contribution is 2.22. The van der Waals surface area contributed by atoms with Gasteiger partial charge in [-0.2, -0.15) is 8.78 Å². The average Bonchev–Trinajstić information content (AvgIpc) is 2.52. The number of methoxy groups -OCH3 is 1. The molecule has 1 aromatic carbocycles. The number of carbonyl (C=O) groups is 2. The van der Waals surface area contributed by atoms with E-state index < -0.39 is 30.3 Å². The Labute approximate surface area is 138 Å². The van der Waals surface area contributed by atoms with Crippen LogP contribution in [0, 0.1) is 5.92 Å². The topological polar surface area (TPSA) is 84.9 Å². The van der Waals surface area contributed by atoms with Crippen molar-refractivity contribution in [2.24, 2.45) is 5.92 Å². The molecule has 0 bridgehead atoms. The monoisotopic (exact) mass is 345 g/mol. The van der Waals surface area contributed by atoms with Gasteiger partial charge in [0.25, 0.3) is 0 Å². The number of ether oxygens (including phenoxy) is 3. The number of esters is 1. The second kappa shape index (κ2) is 8.05. The largest absolute Gasteiger partial charge is 0.544 e. The highest BCUT2D eigenvalue weighted by Gasteiger charge is 2.41. The standard InChI is InChI=1S/C16H20F2O6/c1-9(2)14(22-4)24-12-7-5-11(6-8-12)13(19)23-10(3)16(17,18)15(20)21/h5-10,14H,1-4H3,(H,20,21)/p-1. The van der Waals surface area contributed by atoms with Crippen LogP contribution >= 0.6 is 0 Å². The van der Waals surface area contributed by atoms with E-state index in [2.05, 4.69) is 4.74 Å². The molecular weight excluding hydrogens is 326 g/mol. The number of hydrogen-bond acceptors (Lipinski definition) is 6. The molecule has 134 valence electrons. The predicted molar refractivity (Wildman–Crippen MR) is 77.5 cm³/mol. The van der Waals surface area contributed by atoms with Gasteiger partial charge in [-0.1, -0.05) is 13.8 Å². The van der Waals surface area contributed by atoms with Crippen LogP contribution in [0.25, 0.3) is 0 Å². The van der Waals surface area contributed by atoms with Crippen molar-refractivity contribution in [2.75, 3.05) is 7.11 Å². The molecule has 1 aromatic rings. The first kappa shape index (κ1) is 19.8. The fourth-order valence-corrected chi connectivity index (χ4v) is 1.73. The molecule has 6 nitrogen and oxygen atoms in total. The number of benzene rings is 1. The molecule has 0 aliphatic heterocycles. The molecule has 2 atom stereocenters. The van der Waals surface area contributed by atoms with E-state index in [0.717, 1.165) is 6.92 Å². The predicted octanol–water partition coefficient (Wildman–Crippen LogP) is 1.62. The molecule has 0 N–H and O–H groups in total. The van der Waals surface area contributed by atoms with E-state index in [-0.39, 0.29) is 11.5 Å². The van der Waals surface area contributed by atoms with Crippen molar-refractivity contribution in [3.8, 4) is 5.75 Å². The number of alkyl halides is 2. The van der Waals surface area contributed by atoms with Gasteiger partial charge in [-0.05, 0) is 31.2 Å². The van der Waals surface area contributed by atoms with E-state index >= 15 is 0 Å². The van der Waals surface area contributed by atoms with Crippen LogP contribution in [0.1, 0.15) is 31.1 Å². The molecule has 0 amide bonds. The molecule has 0 radical (unpaired) electrons. The van der Waals surface area contributed by atoms with Crippen LogP contribution < -0.4 is 9.84 Å². The van der Waals surface area contributed by atoms with Crippen molar-refractivity contribution >= 4 is 11.9 Å². The first-order valence-corrected chi connectivity index (χ1v) is 7.19. The quantitative estimate of drug-likeness (QED) is 0.526. The molecule has 8 heteroatoms. The van der Waals surface area contributed by atoms with E-state index in [4.69, 9.17) is 9.47 Å². The Bertz CT molecular complexity index is 570. The average molecular weight is 345 g/mol. The Morgan fingerprint density at radius 2 is 1.67 bits per heavy atom. The minimum atomic E-state index is -4.28. The molecule has 0 heterocycles. The molecule has 1 rings (SSSR count). The number of carbonyl (C=O) groups excluding carboxylic acids is 2. The highest BCUT2D eigenvalue weighted by molar-refractivity contribution is 5.90. The van der Waals surface area contributed by atoms with E-state index in [0.29, 0.717) is 5.75 Å². The summed E-state index contributed by atoms with van der Waals surface area (Å²) in [5, 5.41) is 10.3. The molecule has 0 spiro atoms. The van der Waals surface area contributed by atoms with Crippen molar-refractivity contribution in [2.45, 2.75) is 39.1 Å². The number of hydrogen-bond donors (Lipinski definition) is 0. The molecule has 2 unspecified atom stereocenters. The van der Waals surface area contributed by atoms with Gasteiger partial charge in [-0.25, -0.2) is 4.79 Å². The van der Waals surface area contributed by atoms with Crippen LogP contribution in [0.4, 0.5) is 8.78 Å². The summed E-state index contributed by atoms with van der Waals surface area (Å²) in [5.74, 6) is -7.46. The Morgan fingerprint density at radius 3 is 2.08 bits per heavy atom. The molecule has 24 heavy (non-hydrogen) atoms. The van der Waals surface area contributed by atoms with Crippen molar-refractivity contribution < 1.29 is 37.7 Å². The lowest BCUT2D eigenvalue weighted by Gasteiger charge is -2.24. The molecule has 0 saturated heterocycles. The van der Waals surface area contributed by atoms with Crippen LogP contribution in [0.3, 0.4) is 0 Å². The number of halogens is 2. The molecular formula is C16H19F2O6-. The number of carboxylic acid groups (broad SMARTS) is 1. The van der Waals surface area contributed by atoms with Crippen LogP contribution in [-0.4, -0.2) is 37.4 Å². The normalized spacial score (nSPS) is 14.1. The lowest BCUT2D eigenvalue weighted by Crippen LogP contribution is -2.50. The minimum Gasteiger partial charge on any atom is -0.544 e. The summed E-state index contributed by atoms with van der Waals surface area (Å²) in [6, 6.07) is 5.53. The van der Waals surface area contributed by atoms with Crippen LogP contribution in [0.2, 0.25) is 0 Å². The van der Waals surface area contributed by atoms with Gasteiger partial charge >= 0.3 is 11.9 Å². The number of carboxylic acids is 1. The third-order valence-corrected chi connectivity index (χ3v) is 3.19. The van der Waals surface area contributed by atoms with E-state index in [1.165, 1.54) is 31.4 Å². The van der Waals surface area contributed by atoms with E-state index in [1.807, 2.05) is 13.8 Å². The summed E-state index contributed by atoms with van der Waals surface area (Å²) in [5.41, 5.74) is -0.0261. The second-order valence-electron chi connectivity index (χ2n) is 5.45. The van der Waals surface area contributed by atoms with Crippen molar-refractivity contribution in [1.82, 2.24) is 0 Å². The van der Waals surface area contributed by atoms with Gasteiger partial charge in [0.2, 0.25) is 6.29 Å². The summed E-state index contributed by atoms with van der Waals surface area (Å²) >= 11 is 0. The van der Waals surface area contributed by atoms with Gasteiger partial charge in [0, 0.05) is 13.0 Å². The summed E-state index contributed by atoms with van der Waals surface area (Å²) in [7, 11) is 1.50. The first-order valence-electron chi connectivity index (χ1n) is 7.19. The molecule has 0 saturated carbocycles. The SMILES string of the molecule is COC(Oc1ccc(C(=O)OC(C)C(F)(F)C(=O)[O-])cc1)C(C)C. The van der Waals surface area contributed by atoms with Crippen LogP contribution in [0.15, 0.2) is 24.3 Å². The van der Waals surface area contributed by atoms with Gasteiger partial charge < -0.3 is 24.1 Å².